The first-order valence-electron chi connectivity index (χ1n) is 17.2. The quantitative estimate of drug-likeness (QED) is 0.0920. The summed E-state index contributed by atoms with van der Waals surface area (Å²) in [5.41, 5.74) is 4.25. The van der Waals surface area contributed by atoms with Crippen LogP contribution >= 0.6 is 27.5 Å². The molecule has 0 unspecified atom stereocenters. The third-order valence-corrected chi connectivity index (χ3v) is 11.2. The van der Waals surface area contributed by atoms with Gasteiger partial charge in [-0.05, 0) is 89.3 Å². The van der Waals surface area contributed by atoms with Crippen LogP contribution in [-0.4, -0.2) is 58.8 Å². The molecule has 0 aliphatic rings. The molecule has 0 atom stereocenters. The van der Waals surface area contributed by atoms with E-state index < -0.39 is 10.0 Å². The molecule has 6 aromatic rings. The Morgan fingerprint density at radius 1 is 0.830 bits per heavy atom. The summed E-state index contributed by atoms with van der Waals surface area (Å²) in [6.45, 7) is 1.64. The lowest BCUT2D eigenvalue weighted by Gasteiger charge is -2.33. The van der Waals surface area contributed by atoms with Crippen molar-refractivity contribution in [1.29, 1.82) is 0 Å². The van der Waals surface area contributed by atoms with Gasteiger partial charge in [0.25, 0.3) is 0 Å². The predicted octanol–water partition coefficient (Wildman–Crippen LogP) is 9.10. The topological polar surface area (TPSA) is 90.0 Å². The van der Waals surface area contributed by atoms with Crippen molar-refractivity contribution in [1.82, 2.24) is 14.6 Å². The van der Waals surface area contributed by atoms with Crippen LogP contribution in [0.5, 0.6) is 17.2 Å². The lowest BCUT2D eigenvalue weighted by molar-refractivity contribution is 0.203. The average Bonchev–Trinajstić information content (AvgIpc) is 3.17. The second-order valence-electron chi connectivity index (χ2n) is 12.5. The molecule has 0 bridgehead atoms. The number of halogens is 2. The van der Waals surface area contributed by atoms with E-state index in [1.165, 1.54) is 5.56 Å². The molecule has 6 rings (SSSR count). The maximum absolute atomic E-state index is 13.8. The van der Waals surface area contributed by atoms with Gasteiger partial charge in [0.2, 0.25) is 10.0 Å². The lowest BCUT2D eigenvalue weighted by Crippen LogP contribution is -2.38. The van der Waals surface area contributed by atoms with Gasteiger partial charge in [-0.3, -0.25) is 9.88 Å². The minimum Gasteiger partial charge on any atom is -0.497 e. The molecule has 8 nitrogen and oxygen atoms in total. The van der Waals surface area contributed by atoms with Crippen molar-refractivity contribution in [3.8, 4) is 17.2 Å². The third-order valence-electron chi connectivity index (χ3n) is 9.00. The summed E-state index contributed by atoms with van der Waals surface area (Å²) in [4.78, 5) is 6.65. The molecule has 0 saturated carbocycles. The summed E-state index contributed by atoms with van der Waals surface area (Å²) >= 11 is 9.87. The molecule has 1 aromatic heterocycles. The normalized spacial score (nSPS) is 11.7. The minimum absolute atomic E-state index is 0.170. The summed E-state index contributed by atoms with van der Waals surface area (Å²) < 4.78 is 48.5. The van der Waals surface area contributed by atoms with Crippen LogP contribution in [-0.2, 0) is 16.4 Å². The number of hydrogen-bond donors (Lipinski definition) is 1. The van der Waals surface area contributed by atoms with Crippen LogP contribution in [0.1, 0.15) is 34.7 Å². The van der Waals surface area contributed by atoms with Crippen LogP contribution in [0.4, 0.5) is 0 Å². The molecule has 1 heterocycles. The van der Waals surface area contributed by atoms with Gasteiger partial charge in [-0.2, -0.15) is 0 Å². The molecule has 53 heavy (non-hydrogen) atoms. The molecule has 274 valence electrons. The molecular formula is C42H41BrClN3O5S. The highest BCUT2D eigenvalue weighted by Gasteiger charge is 2.25. The number of nitrogens with one attached hydrogen (secondary N) is 1. The number of ether oxygens (including phenoxy) is 3. The molecule has 0 fully saturated rings. The number of benzene rings is 5. The van der Waals surface area contributed by atoms with Crippen molar-refractivity contribution in [2.45, 2.75) is 23.8 Å². The van der Waals surface area contributed by atoms with Crippen LogP contribution in [0.15, 0.2) is 137 Å². The van der Waals surface area contributed by atoms with Crippen molar-refractivity contribution in [3.63, 3.8) is 0 Å². The van der Waals surface area contributed by atoms with E-state index in [0.29, 0.717) is 47.4 Å². The molecule has 0 radical (unpaired) electrons. The maximum Gasteiger partial charge on any atom is 0.241 e. The van der Waals surface area contributed by atoms with Gasteiger partial charge in [0.1, 0.15) is 17.2 Å². The van der Waals surface area contributed by atoms with Gasteiger partial charge >= 0.3 is 0 Å². The third kappa shape index (κ3) is 9.96. The summed E-state index contributed by atoms with van der Waals surface area (Å²) in [6, 6.07) is 36.9. The maximum atomic E-state index is 13.8. The predicted molar refractivity (Wildman–Crippen MR) is 215 cm³/mol. The standard InChI is InChI=1S/C42H41BrClN3O5S/c1-50-37-14-9-31(10-15-37)42(32-11-16-38(51-2)17-12-32)47(23-21-46-53(48,49)41-28-35(43)26-34-29-45-20-19-39(34)41)22-6-24-52-40-18-13-36(44)27-33(40)25-30-7-4-3-5-8-30/h3-5,7-20,26-29,42,46H,6,21-25H2,1-2H3. The Bertz CT molecular complexity index is 2180. The van der Waals surface area contributed by atoms with E-state index in [0.717, 1.165) is 39.3 Å². The molecule has 11 heteroatoms. The zero-order valence-electron chi connectivity index (χ0n) is 29.5. The van der Waals surface area contributed by atoms with Gasteiger partial charge in [-0.25, -0.2) is 13.1 Å². The largest absolute Gasteiger partial charge is 0.497 e. The lowest BCUT2D eigenvalue weighted by atomic mass is 9.96. The van der Waals surface area contributed by atoms with Crippen molar-refractivity contribution in [2.24, 2.45) is 0 Å². The Balaban J connectivity index is 1.25. The summed E-state index contributed by atoms with van der Waals surface area (Å²) in [7, 11) is -0.588. The second kappa shape index (κ2) is 18.1. The highest BCUT2D eigenvalue weighted by Crippen LogP contribution is 2.32. The average molecular weight is 815 g/mol. The fraction of sp³-hybridized carbons (Fsp3) is 0.214. The Labute approximate surface area is 324 Å². The Morgan fingerprint density at radius 2 is 1.51 bits per heavy atom. The zero-order chi connectivity index (χ0) is 37.2. The van der Waals surface area contributed by atoms with E-state index in [4.69, 9.17) is 25.8 Å². The smallest absolute Gasteiger partial charge is 0.241 e. The Kier molecular flexibility index (Phi) is 13.0. The number of aromatic nitrogens is 1. The number of fused-ring (bicyclic) bond motifs is 1. The highest BCUT2D eigenvalue weighted by atomic mass is 79.9. The van der Waals surface area contributed by atoms with Crippen molar-refractivity contribution >= 4 is 48.3 Å². The Hall–Kier alpha value is -4.45. The summed E-state index contributed by atoms with van der Waals surface area (Å²) in [5.74, 6) is 2.29. The number of methoxy groups -OCH3 is 2. The van der Waals surface area contributed by atoms with Crippen LogP contribution in [0.25, 0.3) is 10.8 Å². The van der Waals surface area contributed by atoms with Gasteiger partial charge in [0, 0.05) is 58.7 Å². The van der Waals surface area contributed by atoms with Gasteiger partial charge in [0.05, 0.1) is 31.8 Å². The Morgan fingerprint density at radius 3 is 2.17 bits per heavy atom. The molecule has 0 amide bonds. The van der Waals surface area contributed by atoms with Crippen molar-refractivity contribution < 1.29 is 22.6 Å². The first-order chi connectivity index (χ1) is 25.7. The second-order valence-corrected chi connectivity index (χ2v) is 15.6. The summed E-state index contributed by atoms with van der Waals surface area (Å²) in [6.07, 6.45) is 4.63. The van der Waals surface area contributed by atoms with E-state index in [9.17, 15) is 8.42 Å². The first kappa shape index (κ1) is 38.3. The van der Waals surface area contributed by atoms with E-state index in [1.807, 2.05) is 91.0 Å². The SMILES string of the molecule is COc1ccc(C(c2ccc(OC)cc2)N(CCCOc2ccc(Cl)cc2Cc2ccccc2)CCNS(=O)(=O)c2cc(Br)cc3cnccc23)cc1. The fourth-order valence-electron chi connectivity index (χ4n) is 6.41. The highest BCUT2D eigenvalue weighted by molar-refractivity contribution is 9.10. The van der Waals surface area contributed by atoms with E-state index in [1.54, 1.807) is 38.7 Å². The van der Waals surface area contributed by atoms with Gasteiger partial charge in [0.15, 0.2) is 0 Å². The fourth-order valence-corrected chi connectivity index (χ4v) is 8.51. The number of hydrogen-bond acceptors (Lipinski definition) is 7. The molecule has 0 aliphatic heterocycles. The van der Waals surface area contributed by atoms with Gasteiger partial charge in [-0.15, -0.1) is 0 Å². The van der Waals surface area contributed by atoms with E-state index in [-0.39, 0.29) is 17.5 Å². The summed E-state index contributed by atoms with van der Waals surface area (Å²) in [5, 5.41) is 2.00. The van der Waals surface area contributed by atoms with E-state index in [2.05, 4.69) is 42.7 Å². The number of pyridine rings is 1. The number of rotatable bonds is 17. The van der Waals surface area contributed by atoms with Crippen LogP contribution in [0.2, 0.25) is 5.02 Å². The monoisotopic (exact) mass is 813 g/mol. The molecule has 5 aromatic carbocycles. The van der Waals surface area contributed by atoms with Crippen molar-refractivity contribution in [2.75, 3.05) is 40.5 Å². The molecule has 0 saturated heterocycles. The molecule has 1 N–H and O–H groups in total. The van der Waals surface area contributed by atoms with Gasteiger partial charge < -0.3 is 14.2 Å². The van der Waals surface area contributed by atoms with Crippen molar-refractivity contribution in [3.05, 3.63) is 159 Å². The van der Waals surface area contributed by atoms with Gasteiger partial charge in [-0.1, -0.05) is 82.1 Å². The van der Waals surface area contributed by atoms with Crippen LogP contribution < -0.4 is 18.9 Å². The van der Waals surface area contributed by atoms with Crippen LogP contribution in [0, 0.1) is 0 Å². The van der Waals surface area contributed by atoms with Crippen LogP contribution in [0.3, 0.4) is 0 Å². The molecule has 0 spiro atoms. The molecular weight excluding hydrogens is 774 g/mol. The number of nitrogens with zero attached hydrogens (tertiary/aromatic N) is 2. The van der Waals surface area contributed by atoms with E-state index >= 15 is 0 Å². The minimum atomic E-state index is -3.88. The molecule has 0 aliphatic carbocycles. The first-order valence-corrected chi connectivity index (χ1v) is 19.9. The zero-order valence-corrected chi connectivity index (χ0v) is 32.7. The number of sulfonamides is 1.